The first-order chi connectivity index (χ1) is 7.02. The number of aliphatic hydroxyl groups is 1. The molecular weight excluding hydrogens is 222 g/mol. The molecule has 0 aliphatic carbocycles. The van der Waals surface area contributed by atoms with Gasteiger partial charge in [-0.2, -0.15) is 0 Å². The van der Waals surface area contributed by atoms with Crippen LogP contribution in [0.15, 0.2) is 5.38 Å². The van der Waals surface area contributed by atoms with Gasteiger partial charge in [-0.05, 0) is 18.5 Å². The first-order valence-corrected chi connectivity index (χ1v) is 4.85. The summed E-state index contributed by atoms with van der Waals surface area (Å²) in [5.74, 6) is -1.97. The number of nitrogens with one attached hydrogen (secondary N) is 1. The molecule has 0 saturated carbocycles. The SMILES string of the molecule is CC(O)C(NC(=O)c1csnn1)C(=O)O. The molecule has 1 rings (SSSR count). The number of hydrogen-bond acceptors (Lipinski definition) is 6. The Balaban J connectivity index is 2.67. The summed E-state index contributed by atoms with van der Waals surface area (Å²) >= 11 is 0.980. The van der Waals surface area contributed by atoms with Gasteiger partial charge in [0.2, 0.25) is 0 Å². The van der Waals surface area contributed by atoms with Gasteiger partial charge >= 0.3 is 5.97 Å². The summed E-state index contributed by atoms with van der Waals surface area (Å²) in [6, 6.07) is -1.35. The summed E-state index contributed by atoms with van der Waals surface area (Å²) in [4.78, 5) is 22.0. The fraction of sp³-hybridized carbons (Fsp3) is 0.429. The maximum absolute atomic E-state index is 11.3. The highest BCUT2D eigenvalue weighted by Gasteiger charge is 2.26. The van der Waals surface area contributed by atoms with Crippen LogP contribution < -0.4 is 5.32 Å². The highest BCUT2D eigenvalue weighted by atomic mass is 32.1. The Morgan fingerprint density at radius 1 is 1.60 bits per heavy atom. The minimum atomic E-state index is -1.35. The Kier molecular flexibility index (Phi) is 3.69. The number of amides is 1. The van der Waals surface area contributed by atoms with E-state index < -0.39 is 24.0 Å². The topological polar surface area (TPSA) is 112 Å². The average molecular weight is 231 g/mol. The van der Waals surface area contributed by atoms with Gasteiger partial charge in [0.15, 0.2) is 11.7 Å². The smallest absolute Gasteiger partial charge is 0.328 e. The lowest BCUT2D eigenvalue weighted by Crippen LogP contribution is -2.47. The van der Waals surface area contributed by atoms with Crippen LogP contribution in [0.1, 0.15) is 17.4 Å². The van der Waals surface area contributed by atoms with Gasteiger partial charge in [-0.1, -0.05) is 4.49 Å². The van der Waals surface area contributed by atoms with E-state index in [4.69, 9.17) is 10.2 Å². The number of carbonyl (C=O) groups is 2. The largest absolute Gasteiger partial charge is 0.480 e. The minimum Gasteiger partial charge on any atom is -0.480 e. The minimum absolute atomic E-state index is 0.0342. The molecule has 1 aromatic rings. The summed E-state index contributed by atoms with van der Waals surface area (Å²) in [5.41, 5.74) is 0.0342. The van der Waals surface area contributed by atoms with Crippen LogP contribution >= 0.6 is 11.5 Å². The van der Waals surface area contributed by atoms with Gasteiger partial charge in [0, 0.05) is 5.38 Å². The molecule has 15 heavy (non-hydrogen) atoms. The predicted molar refractivity (Wildman–Crippen MR) is 50.5 cm³/mol. The second-order valence-corrected chi connectivity index (χ2v) is 3.43. The maximum Gasteiger partial charge on any atom is 0.328 e. The van der Waals surface area contributed by atoms with Crippen LogP contribution in [0.5, 0.6) is 0 Å². The van der Waals surface area contributed by atoms with E-state index in [-0.39, 0.29) is 5.69 Å². The van der Waals surface area contributed by atoms with E-state index >= 15 is 0 Å². The van der Waals surface area contributed by atoms with Crippen molar-refractivity contribution < 1.29 is 19.8 Å². The van der Waals surface area contributed by atoms with Crippen molar-refractivity contribution in [1.29, 1.82) is 0 Å². The second-order valence-electron chi connectivity index (χ2n) is 2.82. The van der Waals surface area contributed by atoms with Gasteiger partial charge in [-0.3, -0.25) is 4.79 Å². The van der Waals surface area contributed by atoms with Gasteiger partial charge in [0.25, 0.3) is 5.91 Å². The molecule has 0 spiro atoms. The highest BCUT2D eigenvalue weighted by Crippen LogP contribution is 1.99. The molecule has 2 unspecified atom stereocenters. The third-order valence-electron chi connectivity index (χ3n) is 1.63. The lowest BCUT2D eigenvalue weighted by molar-refractivity contribution is -0.141. The number of aromatic nitrogens is 2. The summed E-state index contributed by atoms with van der Waals surface area (Å²) in [6.07, 6.45) is -1.18. The molecule has 1 amide bonds. The van der Waals surface area contributed by atoms with E-state index in [1.54, 1.807) is 0 Å². The number of carbonyl (C=O) groups excluding carboxylic acids is 1. The molecule has 2 atom stereocenters. The van der Waals surface area contributed by atoms with E-state index in [1.807, 2.05) is 0 Å². The highest BCUT2D eigenvalue weighted by molar-refractivity contribution is 7.03. The zero-order valence-corrected chi connectivity index (χ0v) is 8.56. The van der Waals surface area contributed by atoms with E-state index in [1.165, 1.54) is 12.3 Å². The van der Waals surface area contributed by atoms with Crippen molar-refractivity contribution >= 4 is 23.4 Å². The molecular formula is C7H9N3O4S. The van der Waals surface area contributed by atoms with E-state index in [9.17, 15) is 9.59 Å². The Labute approximate surface area is 88.9 Å². The molecule has 0 aromatic carbocycles. The van der Waals surface area contributed by atoms with E-state index in [2.05, 4.69) is 14.9 Å². The van der Waals surface area contributed by atoms with Crippen molar-refractivity contribution in [3.05, 3.63) is 11.1 Å². The second kappa shape index (κ2) is 4.80. The van der Waals surface area contributed by atoms with Gasteiger partial charge < -0.3 is 15.5 Å². The molecule has 7 nitrogen and oxygen atoms in total. The Bertz CT molecular complexity index is 351. The van der Waals surface area contributed by atoms with Gasteiger partial charge in [-0.15, -0.1) is 5.10 Å². The van der Waals surface area contributed by atoms with Crippen molar-refractivity contribution in [3.63, 3.8) is 0 Å². The fourth-order valence-electron chi connectivity index (χ4n) is 0.867. The quantitative estimate of drug-likeness (QED) is 0.619. The summed E-state index contributed by atoms with van der Waals surface area (Å²) in [5, 5.41) is 24.8. The Morgan fingerprint density at radius 3 is 2.67 bits per heavy atom. The van der Waals surface area contributed by atoms with Crippen LogP contribution in [-0.2, 0) is 4.79 Å². The lowest BCUT2D eigenvalue weighted by atomic mass is 10.2. The van der Waals surface area contributed by atoms with Crippen molar-refractivity contribution in [2.45, 2.75) is 19.1 Å². The normalized spacial score (nSPS) is 14.3. The number of nitrogens with zero attached hydrogens (tertiary/aromatic N) is 2. The van der Waals surface area contributed by atoms with E-state index in [0.29, 0.717) is 0 Å². The molecule has 0 radical (unpaired) electrons. The fourth-order valence-corrected chi connectivity index (χ4v) is 1.30. The summed E-state index contributed by atoms with van der Waals surface area (Å²) in [7, 11) is 0. The van der Waals surface area contributed by atoms with E-state index in [0.717, 1.165) is 11.5 Å². The van der Waals surface area contributed by atoms with Crippen LogP contribution in [0.3, 0.4) is 0 Å². The lowest BCUT2D eigenvalue weighted by Gasteiger charge is -2.15. The van der Waals surface area contributed by atoms with Crippen molar-refractivity contribution in [1.82, 2.24) is 14.9 Å². The number of aliphatic carboxylic acids is 1. The number of rotatable bonds is 4. The van der Waals surface area contributed by atoms with Crippen molar-refractivity contribution in [2.24, 2.45) is 0 Å². The zero-order valence-electron chi connectivity index (χ0n) is 7.75. The molecule has 0 aliphatic rings. The van der Waals surface area contributed by atoms with Crippen LogP contribution in [0.2, 0.25) is 0 Å². The van der Waals surface area contributed by atoms with Gasteiger partial charge in [0.1, 0.15) is 0 Å². The molecule has 0 bridgehead atoms. The average Bonchev–Trinajstić information content (AvgIpc) is 2.65. The third-order valence-corrected chi connectivity index (χ3v) is 2.13. The van der Waals surface area contributed by atoms with Crippen molar-refractivity contribution in [3.8, 4) is 0 Å². The number of hydrogen-bond donors (Lipinski definition) is 3. The predicted octanol–water partition coefficient (Wildman–Crippen LogP) is -0.898. The molecule has 8 heteroatoms. The van der Waals surface area contributed by atoms with Crippen LogP contribution in [0.25, 0.3) is 0 Å². The van der Waals surface area contributed by atoms with Gasteiger partial charge in [-0.25, -0.2) is 4.79 Å². The number of carboxylic acids is 1. The standard InChI is InChI=1S/C7H9N3O4S/c1-3(11)5(7(13)14)8-6(12)4-2-15-10-9-4/h2-3,5,11H,1H3,(H,8,12)(H,13,14). The monoisotopic (exact) mass is 231 g/mol. The summed E-state index contributed by atoms with van der Waals surface area (Å²) < 4.78 is 3.46. The van der Waals surface area contributed by atoms with Crippen LogP contribution in [0, 0.1) is 0 Å². The third kappa shape index (κ3) is 2.96. The molecule has 0 fully saturated rings. The first-order valence-electron chi connectivity index (χ1n) is 4.01. The molecule has 1 aromatic heterocycles. The Hall–Kier alpha value is -1.54. The van der Waals surface area contributed by atoms with Crippen molar-refractivity contribution in [2.75, 3.05) is 0 Å². The first kappa shape index (κ1) is 11.5. The Morgan fingerprint density at radius 2 is 2.27 bits per heavy atom. The maximum atomic E-state index is 11.3. The molecule has 0 saturated heterocycles. The molecule has 3 N–H and O–H groups in total. The zero-order chi connectivity index (χ0) is 11.4. The molecule has 1 heterocycles. The van der Waals surface area contributed by atoms with Gasteiger partial charge in [0.05, 0.1) is 6.10 Å². The molecule has 82 valence electrons. The van der Waals surface area contributed by atoms with Crippen LogP contribution in [0.4, 0.5) is 0 Å². The van der Waals surface area contributed by atoms with Crippen LogP contribution in [-0.4, -0.2) is 43.8 Å². The molecule has 0 aliphatic heterocycles. The number of aliphatic hydroxyl groups excluding tert-OH is 1. The number of carboxylic acid groups (broad SMARTS) is 1. The summed E-state index contributed by atoms with van der Waals surface area (Å²) in [6.45, 7) is 1.28.